The molecule has 0 radical (unpaired) electrons. The Morgan fingerprint density at radius 3 is 2.27 bits per heavy atom. The number of aliphatic hydroxyl groups excluding tert-OH is 4. The smallest absolute Gasteiger partial charge is 0.209 e. The maximum absolute atomic E-state index is 12.7. The highest BCUT2D eigenvalue weighted by molar-refractivity contribution is 6.03. The normalized spacial score (nSPS) is 24.7. The molecule has 5 rings (SSSR count). The summed E-state index contributed by atoms with van der Waals surface area (Å²) < 4.78 is 24.3. The van der Waals surface area contributed by atoms with E-state index >= 15 is 0 Å². The second-order valence-corrected chi connectivity index (χ2v) is 15.9. The first-order valence-corrected chi connectivity index (χ1v) is 20.2. The summed E-state index contributed by atoms with van der Waals surface area (Å²) in [6.07, 6.45) is 3.90. The third-order valence-corrected chi connectivity index (χ3v) is 11.3. The molecule has 12 heteroatoms. The van der Waals surface area contributed by atoms with Crippen LogP contribution in [0.1, 0.15) is 70.9 Å². The van der Waals surface area contributed by atoms with Crippen LogP contribution in [0.3, 0.4) is 0 Å². The molecule has 5 unspecified atom stereocenters. The summed E-state index contributed by atoms with van der Waals surface area (Å²) in [6.45, 7) is 12.7. The lowest BCUT2D eigenvalue weighted by Gasteiger charge is -2.39. The van der Waals surface area contributed by atoms with Crippen LogP contribution in [0, 0.1) is 0 Å². The van der Waals surface area contributed by atoms with Gasteiger partial charge in [0.15, 0.2) is 12.0 Å². The molecule has 12 nitrogen and oxygen atoms in total. The number of ketones is 1. The van der Waals surface area contributed by atoms with Crippen LogP contribution in [-0.4, -0.2) is 134 Å². The van der Waals surface area contributed by atoms with Crippen LogP contribution < -0.4 is 10.2 Å². The Bertz CT molecular complexity index is 1690. The molecule has 308 valence electrons. The number of carbonyl (C=O) groups excluding carboxylic acids is 1. The van der Waals surface area contributed by atoms with E-state index < -0.39 is 37.3 Å². The number of anilines is 1. The SMILES string of the molecule is C[N+]1=C(/C=C/C=C2/N(CCCCC(=O)CCCOCCOCCNCCOC3OC(CO)C(O)C(O)C3O)c3ccccc3C2(C)C)C(C)(C)c2ccccc21. The van der Waals surface area contributed by atoms with Crippen molar-refractivity contribution >= 4 is 22.9 Å². The standard InChI is InChI=1S/C44H64N3O9/c1-43(2)32-16-6-8-18-34(32)46(5)37(43)20-12-21-38-44(3,4)33-17-7-9-19-35(33)47(38)24-11-10-14-31(49)15-13-25-53-28-29-54-26-22-45-23-27-55-42-41(52)40(51)39(50)36(30-48)56-42/h6-9,12,16-21,36,39-42,45,48,50-52H,10-11,13-15,22-30H2,1-5H3/q+1. The van der Waals surface area contributed by atoms with Crippen LogP contribution in [0.4, 0.5) is 11.4 Å². The van der Waals surface area contributed by atoms with Crippen molar-refractivity contribution in [2.45, 2.75) is 101 Å². The van der Waals surface area contributed by atoms with E-state index in [1.165, 1.54) is 33.9 Å². The van der Waals surface area contributed by atoms with Crippen molar-refractivity contribution in [3.05, 3.63) is 83.6 Å². The minimum atomic E-state index is -1.46. The highest BCUT2D eigenvalue weighted by atomic mass is 16.7. The maximum atomic E-state index is 12.7. The Hall–Kier alpha value is -3.30. The average molecular weight is 779 g/mol. The second kappa shape index (κ2) is 20.4. The minimum Gasteiger partial charge on any atom is -0.394 e. The summed E-state index contributed by atoms with van der Waals surface area (Å²) in [7, 11) is 2.15. The molecule has 0 bridgehead atoms. The van der Waals surface area contributed by atoms with Crippen LogP contribution in [0.5, 0.6) is 0 Å². The van der Waals surface area contributed by atoms with Gasteiger partial charge in [0.25, 0.3) is 0 Å². The molecule has 1 fully saturated rings. The molecule has 56 heavy (non-hydrogen) atoms. The van der Waals surface area contributed by atoms with Crippen molar-refractivity contribution in [3.63, 3.8) is 0 Å². The Balaban J connectivity index is 0.943. The van der Waals surface area contributed by atoms with Gasteiger partial charge in [-0.3, -0.25) is 4.79 Å². The molecule has 0 amide bonds. The first-order chi connectivity index (χ1) is 26.9. The van der Waals surface area contributed by atoms with Crippen molar-refractivity contribution in [2.24, 2.45) is 0 Å². The van der Waals surface area contributed by atoms with Crippen LogP contribution in [0.15, 0.2) is 72.5 Å². The summed E-state index contributed by atoms with van der Waals surface area (Å²) in [5.74, 6) is 0.272. The van der Waals surface area contributed by atoms with Crippen LogP contribution in [-0.2, 0) is 34.6 Å². The molecule has 2 aromatic rings. The van der Waals surface area contributed by atoms with E-state index in [4.69, 9.17) is 18.9 Å². The molecule has 0 aromatic heterocycles. The number of para-hydroxylation sites is 2. The van der Waals surface area contributed by atoms with Crippen molar-refractivity contribution in [1.82, 2.24) is 5.32 Å². The summed E-state index contributed by atoms with van der Waals surface area (Å²) in [6, 6.07) is 17.3. The highest BCUT2D eigenvalue weighted by Gasteiger charge is 2.45. The predicted octanol–water partition coefficient (Wildman–Crippen LogP) is 3.89. The van der Waals surface area contributed by atoms with E-state index in [9.17, 15) is 25.2 Å². The number of allylic oxidation sites excluding steroid dienone is 4. The van der Waals surface area contributed by atoms with Crippen LogP contribution >= 0.6 is 0 Å². The lowest BCUT2D eigenvalue weighted by atomic mass is 9.81. The quantitative estimate of drug-likeness (QED) is 0.0875. The molecule has 1 saturated heterocycles. The summed E-state index contributed by atoms with van der Waals surface area (Å²) >= 11 is 0. The Kier molecular flexibility index (Phi) is 16.0. The van der Waals surface area contributed by atoms with E-state index in [2.05, 4.69) is 116 Å². The second-order valence-electron chi connectivity index (χ2n) is 15.9. The van der Waals surface area contributed by atoms with Gasteiger partial charge < -0.3 is 49.6 Å². The first-order valence-electron chi connectivity index (χ1n) is 20.2. The summed E-state index contributed by atoms with van der Waals surface area (Å²) in [4.78, 5) is 15.1. The number of nitrogens with one attached hydrogen (secondary N) is 1. The molecular formula is C44H64N3O9+. The van der Waals surface area contributed by atoms with E-state index in [-0.39, 0.29) is 23.2 Å². The number of benzene rings is 2. The number of aliphatic hydroxyl groups is 4. The Morgan fingerprint density at radius 1 is 0.839 bits per heavy atom. The number of rotatable bonds is 22. The van der Waals surface area contributed by atoms with Gasteiger partial charge in [0, 0.05) is 73.6 Å². The molecule has 0 aliphatic carbocycles. The third kappa shape index (κ3) is 10.4. The van der Waals surface area contributed by atoms with Gasteiger partial charge >= 0.3 is 0 Å². The zero-order valence-electron chi connectivity index (χ0n) is 33.9. The predicted molar refractivity (Wildman–Crippen MR) is 217 cm³/mol. The number of ether oxygens (including phenoxy) is 4. The van der Waals surface area contributed by atoms with Gasteiger partial charge in [-0.1, -0.05) is 56.3 Å². The van der Waals surface area contributed by atoms with Crippen molar-refractivity contribution in [1.29, 1.82) is 0 Å². The number of hydrogen-bond acceptors (Lipinski definition) is 11. The zero-order chi connectivity index (χ0) is 40.3. The third-order valence-electron chi connectivity index (χ3n) is 11.3. The number of fused-ring (bicyclic) bond motifs is 2. The lowest BCUT2D eigenvalue weighted by molar-refractivity contribution is -0.401. The van der Waals surface area contributed by atoms with Gasteiger partial charge in [-0.05, 0) is 50.8 Å². The number of hydrogen-bond donors (Lipinski definition) is 5. The lowest BCUT2D eigenvalue weighted by Crippen LogP contribution is -2.59. The largest absolute Gasteiger partial charge is 0.394 e. The molecule has 3 aliphatic rings. The fourth-order valence-electron chi connectivity index (χ4n) is 8.05. The molecule has 0 spiro atoms. The first kappa shape index (κ1) is 43.8. The molecule has 5 atom stereocenters. The van der Waals surface area contributed by atoms with Crippen molar-refractivity contribution in [3.8, 4) is 0 Å². The van der Waals surface area contributed by atoms with E-state index in [0.717, 1.165) is 19.4 Å². The Morgan fingerprint density at radius 2 is 1.52 bits per heavy atom. The number of carbonyl (C=O) groups is 1. The average Bonchev–Trinajstić information content (AvgIpc) is 3.52. The number of unbranched alkanes of at least 4 members (excludes halogenated alkanes) is 1. The molecule has 2 aromatic carbocycles. The molecule has 3 aliphatic heterocycles. The van der Waals surface area contributed by atoms with Gasteiger partial charge in [0.05, 0.1) is 38.4 Å². The van der Waals surface area contributed by atoms with Crippen molar-refractivity contribution in [2.75, 3.05) is 71.2 Å². The van der Waals surface area contributed by atoms with Gasteiger partial charge in [0.2, 0.25) is 5.69 Å². The van der Waals surface area contributed by atoms with E-state index in [0.29, 0.717) is 58.8 Å². The number of nitrogens with zero attached hydrogens (tertiary/aromatic N) is 2. The highest BCUT2D eigenvalue weighted by Crippen LogP contribution is 2.48. The van der Waals surface area contributed by atoms with Crippen molar-refractivity contribution < 1.29 is 48.7 Å². The molecule has 0 saturated carbocycles. The van der Waals surface area contributed by atoms with Gasteiger partial charge in [-0.25, -0.2) is 0 Å². The van der Waals surface area contributed by atoms with Crippen LogP contribution in [0.2, 0.25) is 0 Å². The fraction of sp³-hybridized carbons (Fsp3) is 0.591. The molecule has 3 heterocycles. The maximum Gasteiger partial charge on any atom is 0.209 e. The van der Waals surface area contributed by atoms with E-state index in [1.54, 1.807) is 0 Å². The fourth-order valence-corrected chi connectivity index (χ4v) is 8.05. The Labute approximate surface area is 332 Å². The monoisotopic (exact) mass is 778 g/mol. The van der Waals surface area contributed by atoms with Gasteiger partial charge in [0.1, 0.15) is 37.2 Å². The topological polar surface area (TPSA) is 153 Å². The van der Waals surface area contributed by atoms with E-state index in [1.807, 2.05) is 0 Å². The molecule has 5 N–H and O–H groups in total. The minimum absolute atomic E-state index is 0.0775. The zero-order valence-corrected chi connectivity index (χ0v) is 33.9. The van der Waals surface area contributed by atoms with Gasteiger partial charge in [-0.15, -0.1) is 0 Å². The van der Waals surface area contributed by atoms with Crippen LogP contribution in [0.25, 0.3) is 0 Å². The molecular weight excluding hydrogens is 714 g/mol. The number of Topliss-reactive ketones (excluding diaryl/α,β-unsaturated/α-hetero) is 1. The summed E-state index contributed by atoms with van der Waals surface area (Å²) in [5, 5.41) is 42.1. The summed E-state index contributed by atoms with van der Waals surface area (Å²) in [5.41, 5.74) is 7.52. The van der Waals surface area contributed by atoms with Gasteiger partial charge in [-0.2, -0.15) is 4.58 Å².